The minimum atomic E-state index is 0.880. The van der Waals surface area contributed by atoms with E-state index in [9.17, 15) is 0 Å². The molecule has 1 fully saturated rings. The van der Waals surface area contributed by atoms with E-state index in [1.165, 1.54) is 25.7 Å². The lowest BCUT2D eigenvalue weighted by molar-refractivity contribution is 0.170. The standard InChI is InChI=1S/C8H17N/c1-2-3-7-4-5-8(7)6-9/h7-8H,2-6,9H2,1H3. The van der Waals surface area contributed by atoms with E-state index in [-0.39, 0.29) is 0 Å². The van der Waals surface area contributed by atoms with Gasteiger partial charge >= 0.3 is 0 Å². The monoisotopic (exact) mass is 127 g/mol. The molecule has 54 valence electrons. The fourth-order valence-corrected chi connectivity index (χ4v) is 1.70. The Kier molecular flexibility index (Phi) is 2.52. The van der Waals surface area contributed by atoms with Crippen molar-refractivity contribution in [3.63, 3.8) is 0 Å². The lowest BCUT2D eigenvalue weighted by Gasteiger charge is -2.35. The van der Waals surface area contributed by atoms with Gasteiger partial charge < -0.3 is 5.73 Å². The second kappa shape index (κ2) is 3.21. The fraction of sp³-hybridized carbons (Fsp3) is 1.00. The van der Waals surface area contributed by atoms with Gasteiger partial charge in [-0.1, -0.05) is 19.8 Å². The molecule has 0 aromatic heterocycles. The number of nitrogens with two attached hydrogens (primary N) is 1. The zero-order valence-corrected chi connectivity index (χ0v) is 6.27. The van der Waals surface area contributed by atoms with Gasteiger partial charge in [0.2, 0.25) is 0 Å². The van der Waals surface area contributed by atoms with Gasteiger partial charge in [0.05, 0.1) is 0 Å². The van der Waals surface area contributed by atoms with Gasteiger partial charge in [-0.05, 0) is 31.2 Å². The molecule has 0 bridgehead atoms. The summed E-state index contributed by atoms with van der Waals surface area (Å²) in [6.07, 6.45) is 5.57. The van der Waals surface area contributed by atoms with E-state index in [1.807, 2.05) is 0 Å². The van der Waals surface area contributed by atoms with Crippen LogP contribution in [0.5, 0.6) is 0 Å². The molecule has 0 spiro atoms. The van der Waals surface area contributed by atoms with E-state index in [0.717, 1.165) is 18.4 Å². The van der Waals surface area contributed by atoms with Crippen LogP contribution in [-0.4, -0.2) is 6.54 Å². The summed E-state index contributed by atoms with van der Waals surface area (Å²) < 4.78 is 0. The van der Waals surface area contributed by atoms with Crippen LogP contribution in [0, 0.1) is 11.8 Å². The van der Waals surface area contributed by atoms with Crippen molar-refractivity contribution in [2.75, 3.05) is 6.54 Å². The first-order valence-corrected chi connectivity index (χ1v) is 4.08. The summed E-state index contributed by atoms with van der Waals surface area (Å²) in [4.78, 5) is 0. The minimum Gasteiger partial charge on any atom is -0.330 e. The Morgan fingerprint density at radius 1 is 1.33 bits per heavy atom. The molecule has 1 rings (SSSR count). The van der Waals surface area contributed by atoms with Gasteiger partial charge in [-0.3, -0.25) is 0 Å². The highest BCUT2D eigenvalue weighted by Gasteiger charge is 2.27. The second-order valence-electron chi connectivity index (χ2n) is 3.12. The third-order valence-electron chi connectivity index (χ3n) is 2.54. The average molecular weight is 127 g/mol. The van der Waals surface area contributed by atoms with Gasteiger partial charge in [-0.15, -0.1) is 0 Å². The smallest absolute Gasteiger partial charge is 0.00462 e. The molecule has 0 aromatic carbocycles. The molecule has 0 aromatic rings. The number of hydrogen-bond acceptors (Lipinski definition) is 1. The summed E-state index contributed by atoms with van der Waals surface area (Å²) in [6, 6.07) is 0. The van der Waals surface area contributed by atoms with Crippen molar-refractivity contribution in [3.05, 3.63) is 0 Å². The summed E-state index contributed by atoms with van der Waals surface area (Å²) in [5.41, 5.74) is 5.55. The van der Waals surface area contributed by atoms with E-state index in [1.54, 1.807) is 0 Å². The minimum absolute atomic E-state index is 0.880. The van der Waals surface area contributed by atoms with E-state index in [4.69, 9.17) is 5.73 Å². The first kappa shape index (κ1) is 7.07. The van der Waals surface area contributed by atoms with E-state index >= 15 is 0 Å². The Hall–Kier alpha value is -0.0400. The van der Waals surface area contributed by atoms with Crippen LogP contribution in [0.3, 0.4) is 0 Å². The zero-order chi connectivity index (χ0) is 6.69. The molecule has 2 atom stereocenters. The maximum absolute atomic E-state index is 5.55. The molecule has 1 aliphatic rings. The predicted molar refractivity (Wildman–Crippen MR) is 40.2 cm³/mol. The molecular formula is C8H17N. The van der Waals surface area contributed by atoms with Crippen LogP contribution in [0.2, 0.25) is 0 Å². The van der Waals surface area contributed by atoms with Crippen molar-refractivity contribution in [2.45, 2.75) is 32.6 Å². The molecule has 1 saturated carbocycles. The SMILES string of the molecule is CCCC1CCC1CN. The normalized spacial score (nSPS) is 34.0. The maximum Gasteiger partial charge on any atom is -0.00462 e. The largest absolute Gasteiger partial charge is 0.330 e. The molecule has 1 nitrogen and oxygen atoms in total. The first-order valence-electron chi connectivity index (χ1n) is 4.08. The van der Waals surface area contributed by atoms with Crippen molar-refractivity contribution >= 4 is 0 Å². The van der Waals surface area contributed by atoms with Crippen LogP contribution in [0.4, 0.5) is 0 Å². The van der Waals surface area contributed by atoms with E-state index in [2.05, 4.69) is 6.92 Å². The highest BCUT2D eigenvalue weighted by Crippen LogP contribution is 2.36. The molecule has 0 aliphatic heterocycles. The molecule has 0 radical (unpaired) electrons. The third-order valence-corrected chi connectivity index (χ3v) is 2.54. The molecule has 0 heterocycles. The quantitative estimate of drug-likeness (QED) is 0.614. The Morgan fingerprint density at radius 3 is 2.33 bits per heavy atom. The van der Waals surface area contributed by atoms with Gasteiger partial charge in [-0.2, -0.15) is 0 Å². The van der Waals surface area contributed by atoms with Crippen LogP contribution in [0.1, 0.15) is 32.6 Å². The highest BCUT2D eigenvalue weighted by atomic mass is 14.6. The van der Waals surface area contributed by atoms with Crippen molar-refractivity contribution in [1.82, 2.24) is 0 Å². The maximum atomic E-state index is 5.55. The van der Waals surface area contributed by atoms with Gasteiger partial charge in [0.25, 0.3) is 0 Å². The predicted octanol–water partition coefficient (Wildman–Crippen LogP) is 1.77. The first-order chi connectivity index (χ1) is 4.38. The topological polar surface area (TPSA) is 26.0 Å². The highest BCUT2D eigenvalue weighted by molar-refractivity contribution is 4.80. The van der Waals surface area contributed by atoms with Gasteiger partial charge in [0, 0.05) is 0 Å². The molecule has 2 N–H and O–H groups in total. The Balaban J connectivity index is 2.11. The van der Waals surface area contributed by atoms with Gasteiger partial charge in [0.15, 0.2) is 0 Å². The lowest BCUT2D eigenvalue weighted by Crippen LogP contribution is -2.32. The molecule has 0 amide bonds. The number of rotatable bonds is 3. The Bertz CT molecular complexity index is 78.6. The summed E-state index contributed by atoms with van der Waals surface area (Å²) >= 11 is 0. The average Bonchev–Trinajstić information content (AvgIpc) is 1.82. The molecule has 0 saturated heterocycles. The van der Waals surface area contributed by atoms with Gasteiger partial charge in [-0.25, -0.2) is 0 Å². The van der Waals surface area contributed by atoms with Crippen LogP contribution in [0.15, 0.2) is 0 Å². The van der Waals surface area contributed by atoms with Crippen LogP contribution >= 0.6 is 0 Å². The summed E-state index contributed by atoms with van der Waals surface area (Å²) in [6.45, 7) is 3.18. The molecule has 9 heavy (non-hydrogen) atoms. The summed E-state index contributed by atoms with van der Waals surface area (Å²) in [7, 11) is 0. The Labute approximate surface area is 57.6 Å². The van der Waals surface area contributed by atoms with Gasteiger partial charge in [0.1, 0.15) is 0 Å². The lowest BCUT2D eigenvalue weighted by atomic mass is 9.71. The number of hydrogen-bond donors (Lipinski definition) is 1. The molecule has 2 unspecified atom stereocenters. The molecule has 1 aliphatic carbocycles. The van der Waals surface area contributed by atoms with E-state index < -0.39 is 0 Å². The second-order valence-corrected chi connectivity index (χ2v) is 3.12. The Morgan fingerprint density at radius 2 is 2.00 bits per heavy atom. The van der Waals surface area contributed by atoms with Crippen LogP contribution < -0.4 is 5.73 Å². The van der Waals surface area contributed by atoms with Crippen molar-refractivity contribution in [3.8, 4) is 0 Å². The van der Waals surface area contributed by atoms with E-state index in [0.29, 0.717) is 0 Å². The van der Waals surface area contributed by atoms with Crippen molar-refractivity contribution < 1.29 is 0 Å². The molecule has 1 heteroatoms. The fourth-order valence-electron chi connectivity index (χ4n) is 1.70. The summed E-state index contributed by atoms with van der Waals surface area (Å²) in [5, 5.41) is 0. The zero-order valence-electron chi connectivity index (χ0n) is 6.27. The third kappa shape index (κ3) is 1.45. The van der Waals surface area contributed by atoms with Crippen LogP contribution in [0.25, 0.3) is 0 Å². The van der Waals surface area contributed by atoms with Crippen LogP contribution in [-0.2, 0) is 0 Å². The van der Waals surface area contributed by atoms with Crippen molar-refractivity contribution in [1.29, 1.82) is 0 Å². The molecular weight excluding hydrogens is 110 g/mol. The summed E-state index contributed by atoms with van der Waals surface area (Å²) in [5.74, 6) is 1.87. The van der Waals surface area contributed by atoms with Crippen molar-refractivity contribution in [2.24, 2.45) is 17.6 Å².